The second-order valence-electron chi connectivity index (χ2n) is 5.65. The van der Waals surface area contributed by atoms with Crippen LogP contribution in [-0.2, 0) is 0 Å². The Balaban J connectivity index is 0.00000208. The highest BCUT2D eigenvalue weighted by molar-refractivity contribution is 7.99. The number of rotatable bonds is 8. The third kappa shape index (κ3) is 4.37. The maximum atomic E-state index is 4.69. The summed E-state index contributed by atoms with van der Waals surface area (Å²) in [5.74, 6) is 0.996. The smallest absolute Gasteiger partial charge is 0.209 e. The number of hydrogen-bond acceptors (Lipinski definition) is 5. The minimum absolute atomic E-state index is 0. The standard InChI is InChI=1S/C17H23N5S.ClH/c1-3-9-22(10-4-2)11-12-23-17-19-15-13-7-5-6-8-14(13)18-16(15)20-21-17;/h5-8H,3-4,9-12H2,1-2H3,(H,18,20);1H. The molecule has 0 saturated heterocycles. The van der Waals surface area contributed by atoms with Gasteiger partial charge in [0.25, 0.3) is 0 Å². The summed E-state index contributed by atoms with van der Waals surface area (Å²) in [6, 6.07) is 8.15. The molecule has 0 amide bonds. The van der Waals surface area contributed by atoms with Crippen LogP contribution in [0.2, 0.25) is 0 Å². The van der Waals surface area contributed by atoms with Crippen molar-refractivity contribution in [3.63, 3.8) is 0 Å². The molecule has 0 bridgehead atoms. The molecule has 1 N–H and O–H groups in total. The van der Waals surface area contributed by atoms with Gasteiger partial charge in [0, 0.05) is 23.2 Å². The fourth-order valence-corrected chi connectivity index (χ4v) is 3.59. The monoisotopic (exact) mass is 365 g/mol. The number of H-pyrrole nitrogens is 1. The molecule has 1 aromatic carbocycles. The van der Waals surface area contributed by atoms with Crippen LogP contribution >= 0.6 is 24.2 Å². The van der Waals surface area contributed by atoms with Gasteiger partial charge in [0.05, 0.1) is 0 Å². The van der Waals surface area contributed by atoms with Gasteiger partial charge in [0.2, 0.25) is 5.16 Å². The Hall–Kier alpha value is -1.37. The lowest BCUT2D eigenvalue weighted by Gasteiger charge is -2.20. The highest BCUT2D eigenvalue weighted by Gasteiger charge is 2.09. The third-order valence-electron chi connectivity index (χ3n) is 3.82. The molecule has 0 aliphatic carbocycles. The van der Waals surface area contributed by atoms with Gasteiger partial charge in [0.1, 0.15) is 5.52 Å². The zero-order valence-electron chi connectivity index (χ0n) is 14.2. The molecule has 3 rings (SSSR count). The topological polar surface area (TPSA) is 57.7 Å². The van der Waals surface area contributed by atoms with Crippen LogP contribution in [0.3, 0.4) is 0 Å². The third-order valence-corrected chi connectivity index (χ3v) is 4.64. The van der Waals surface area contributed by atoms with Crippen molar-refractivity contribution in [1.29, 1.82) is 0 Å². The van der Waals surface area contributed by atoms with Gasteiger partial charge in [-0.3, -0.25) is 0 Å². The number of thioether (sulfide) groups is 1. The van der Waals surface area contributed by atoms with Crippen molar-refractivity contribution in [3.8, 4) is 0 Å². The first-order valence-electron chi connectivity index (χ1n) is 8.28. The molecule has 130 valence electrons. The Morgan fingerprint density at radius 2 is 1.79 bits per heavy atom. The van der Waals surface area contributed by atoms with Crippen molar-refractivity contribution in [1.82, 2.24) is 25.1 Å². The first kappa shape index (κ1) is 19.0. The molecular weight excluding hydrogens is 342 g/mol. The van der Waals surface area contributed by atoms with Crippen LogP contribution in [0.15, 0.2) is 29.4 Å². The van der Waals surface area contributed by atoms with E-state index in [0.717, 1.165) is 52.6 Å². The van der Waals surface area contributed by atoms with E-state index in [9.17, 15) is 0 Å². The van der Waals surface area contributed by atoms with Crippen LogP contribution in [0.25, 0.3) is 22.1 Å². The van der Waals surface area contributed by atoms with E-state index in [1.54, 1.807) is 11.8 Å². The largest absolute Gasteiger partial charge is 0.336 e. The Bertz CT molecular complexity index is 770. The lowest BCUT2D eigenvalue weighted by molar-refractivity contribution is 0.292. The molecule has 3 aromatic rings. The van der Waals surface area contributed by atoms with Crippen LogP contribution in [0, 0.1) is 0 Å². The molecule has 0 spiro atoms. The van der Waals surface area contributed by atoms with Gasteiger partial charge in [-0.2, -0.15) is 0 Å². The van der Waals surface area contributed by atoms with Gasteiger partial charge >= 0.3 is 0 Å². The molecule has 0 aliphatic rings. The highest BCUT2D eigenvalue weighted by atomic mass is 35.5. The van der Waals surface area contributed by atoms with Crippen molar-refractivity contribution in [2.24, 2.45) is 0 Å². The zero-order chi connectivity index (χ0) is 16.1. The number of nitrogens with zero attached hydrogens (tertiary/aromatic N) is 4. The summed E-state index contributed by atoms with van der Waals surface area (Å²) in [7, 11) is 0. The fourth-order valence-electron chi connectivity index (χ4n) is 2.80. The van der Waals surface area contributed by atoms with E-state index in [2.05, 4.69) is 40.0 Å². The second-order valence-corrected chi connectivity index (χ2v) is 6.71. The van der Waals surface area contributed by atoms with Crippen LogP contribution in [0.4, 0.5) is 0 Å². The van der Waals surface area contributed by atoms with Gasteiger partial charge in [-0.25, -0.2) is 4.98 Å². The van der Waals surface area contributed by atoms with E-state index in [1.165, 1.54) is 12.8 Å². The maximum Gasteiger partial charge on any atom is 0.209 e. The quantitative estimate of drug-likeness (QED) is 0.608. The van der Waals surface area contributed by atoms with Gasteiger partial charge in [-0.15, -0.1) is 22.6 Å². The summed E-state index contributed by atoms with van der Waals surface area (Å²) in [4.78, 5) is 10.5. The van der Waals surface area contributed by atoms with Crippen molar-refractivity contribution >= 4 is 46.2 Å². The maximum absolute atomic E-state index is 4.69. The summed E-state index contributed by atoms with van der Waals surface area (Å²) in [6.45, 7) is 7.85. The molecule has 2 heterocycles. The van der Waals surface area contributed by atoms with Crippen LogP contribution in [0.5, 0.6) is 0 Å². The summed E-state index contributed by atoms with van der Waals surface area (Å²) >= 11 is 1.69. The number of halogens is 1. The first-order valence-corrected chi connectivity index (χ1v) is 9.26. The van der Waals surface area contributed by atoms with Crippen LogP contribution in [0.1, 0.15) is 26.7 Å². The average Bonchev–Trinajstić information content (AvgIpc) is 2.93. The summed E-state index contributed by atoms with van der Waals surface area (Å²) in [5, 5.41) is 10.4. The summed E-state index contributed by atoms with van der Waals surface area (Å²) in [5.41, 5.74) is 2.73. The van der Waals surface area contributed by atoms with E-state index >= 15 is 0 Å². The van der Waals surface area contributed by atoms with E-state index in [0.29, 0.717) is 0 Å². The lowest BCUT2D eigenvalue weighted by Crippen LogP contribution is -2.27. The molecule has 0 unspecified atom stereocenters. The minimum atomic E-state index is 0. The Labute approximate surface area is 153 Å². The van der Waals surface area contributed by atoms with E-state index in [4.69, 9.17) is 4.98 Å². The van der Waals surface area contributed by atoms with E-state index < -0.39 is 0 Å². The highest BCUT2D eigenvalue weighted by Crippen LogP contribution is 2.23. The SMILES string of the molecule is CCCN(CCC)CCSc1nnc2[nH]c3ccccc3c2n1.Cl. The van der Waals surface area contributed by atoms with Gasteiger partial charge < -0.3 is 9.88 Å². The zero-order valence-corrected chi connectivity index (χ0v) is 15.8. The molecule has 7 heteroatoms. The average molecular weight is 366 g/mol. The van der Waals surface area contributed by atoms with Gasteiger partial charge in [-0.1, -0.05) is 43.8 Å². The summed E-state index contributed by atoms with van der Waals surface area (Å²) in [6.07, 6.45) is 2.40. The predicted octanol–water partition coefficient (Wildman–Crippen LogP) is 4.14. The Morgan fingerprint density at radius 1 is 1.04 bits per heavy atom. The second kappa shape index (κ2) is 9.20. The minimum Gasteiger partial charge on any atom is -0.336 e. The number of aromatic amines is 1. The Kier molecular flexibility index (Phi) is 7.27. The fraction of sp³-hybridized carbons (Fsp3) is 0.471. The molecular formula is C17H24ClN5S. The summed E-state index contributed by atoms with van der Waals surface area (Å²) < 4.78 is 0. The number of benzene rings is 1. The predicted molar refractivity (Wildman–Crippen MR) is 104 cm³/mol. The van der Waals surface area contributed by atoms with Gasteiger partial charge in [0.15, 0.2) is 5.65 Å². The van der Waals surface area contributed by atoms with Crippen LogP contribution in [-0.4, -0.2) is 50.5 Å². The number of nitrogens with one attached hydrogen (secondary N) is 1. The number of aromatic nitrogens is 4. The molecule has 0 atom stereocenters. The molecule has 0 saturated carbocycles. The van der Waals surface area contributed by atoms with Crippen molar-refractivity contribution in [2.75, 3.05) is 25.4 Å². The molecule has 24 heavy (non-hydrogen) atoms. The van der Waals surface area contributed by atoms with Crippen molar-refractivity contribution in [3.05, 3.63) is 24.3 Å². The number of fused-ring (bicyclic) bond motifs is 3. The lowest BCUT2D eigenvalue weighted by atomic mass is 10.2. The molecule has 0 fully saturated rings. The number of para-hydroxylation sites is 1. The first-order chi connectivity index (χ1) is 11.3. The normalized spacial score (nSPS) is 11.3. The molecule has 2 aromatic heterocycles. The molecule has 0 radical (unpaired) electrons. The molecule has 0 aliphatic heterocycles. The van der Waals surface area contributed by atoms with Crippen molar-refractivity contribution in [2.45, 2.75) is 31.8 Å². The van der Waals surface area contributed by atoms with Crippen molar-refractivity contribution < 1.29 is 0 Å². The van der Waals surface area contributed by atoms with E-state index in [1.807, 2.05) is 18.2 Å². The Morgan fingerprint density at radius 3 is 2.54 bits per heavy atom. The van der Waals surface area contributed by atoms with Gasteiger partial charge in [-0.05, 0) is 32.0 Å². The van der Waals surface area contributed by atoms with E-state index in [-0.39, 0.29) is 12.4 Å². The molecule has 5 nitrogen and oxygen atoms in total. The number of hydrogen-bond donors (Lipinski definition) is 1. The van der Waals surface area contributed by atoms with Crippen LogP contribution < -0.4 is 0 Å².